The molecule has 5 heteroatoms. The summed E-state index contributed by atoms with van der Waals surface area (Å²) in [5, 5.41) is 8.87. The molecular formula is C11H22F3NO. The van der Waals surface area contributed by atoms with Crippen molar-refractivity contribution in [2.24, 2.45) is 0 Å². The number of aliphatic hydroxyl groups is 1. The van der Waals surface area contributed by atoms with Gasteiger partial charge in [0.05, 0.1) is 6.61 Å². The molecule has 2 nitrogen and oxygen atoms in total. The molecule has 0 aromatic carbocycles. The first-order valence-electron chi connectivity index (χ1n) is 5.86. The van der Waals surface area contributed by atoms with E-state index < -0.39 is 12.6 Å². The van der Waals surface area contributed by atoms with Crippen LogP contribution >= 0.6 is 0 Å². The summed E-state index contributed by atoms with van der Waals surface area (Å²) in [6, 6.07) is 0.278. The van der Waals surface area contributed by atoms with Crippen molar-refractivity contribution in [1.82, 2.24) is 4.90 Å². The van der Waals surface area contributed by atoms with Gasteiger partial charge in [0.25, 0.3) is 0 Å². The van der Waals surface area contributed by atoms with Crippen LogP contribution < -0.4 is 0 Å². The van der Waals surface area contributed by atoms with Gasteiger partial charge in [-0.05, 0) is 25.8 Å². The maximum Gasteiger partial charge on any atom is 0.389 e. The second kappa shape index (κ2) is 7.90. The molecule has 0 aliphatic heterocycles. The van der Waals surface area contributed by atoms with E-state index in [1.165, 1.54) is 0 Å². The highest BCUT2D eigenvalue weighted by atomic mass is 19.4. The molecule has 0 bridgehead atoms. The van der Waals surface area contributed by atoms with E-state index in [1.807, 2.05) is 18.7 Å². The van der Waals surface area contributed by atoms with Crippen LogP contribution in [0.1, 0.15) is 39.5 Å². The SMILES string of the molecule is CCC(CC)N(CCO)CCCC(F)(F)F. The first kappa shape index (κ1) is 15.7. The van der Waals surface area contributed by atoms with Crippen LogP contribution in [0.3, 0.4) is 0 Å². The molecule has 16 heavy (non-hydrogen) atoms. The molecule has 0 saturated carbocycles. The van der Waals surface area contributed by atoms with E-state index >= 15 is 0 Å². The number of hydrogen-bond donors (Lipinski definition) is 1. The van der Waals surface area contributed by atoms with Crippen LogP contribution in [0.25, 0.3) is 0 Å². The van der Waals surface area contributed by atoms with Crippen molar-refractivity contribution < 1.29 is 18.3 Å². The first-order chi connectivity index (χ1) is 7.44. The molecule has 0 saturated heterocycles. The monoisotopic (exact) mass is 241 g/mol. The number of halogens is 3. The fraction of sp³-hybridized carbons (Fsp3) is 1.00. The van der Waals surface area contributed by atoms with Gasteiger partial charge in [-0.15, -0.1) is 0 Å². The lowest BCUT2D eigenvalue weighted by atomic mass is 10.1. The van der Waals surface area contributed by atoms with Gasteiger partial charge in [0.1, 0.15) is 0 Å². The van der Waals surface area contributed by atoms with Crippen molar-refractivity contribution in [3.05, 3.63) is 0 Å². The molecule has 0 heterocycles. The van der Waals surface area contributed by atoms with Crippen molar-refractivity contribution in [2.45, 2.75) is 51.7 Å². The highest BCUT2D eigenvalue weighted by Gasteiger charge is 2.27. The molecule has 0 fully saturated rings. The van der Waals surface area contributed by atoms with E-state index in [9.17, 15) is 13.2 Å². The van der Waals surface area contributed by atoms with Gasteiger partial charge in [0.2, 0.25) is 0 Å². The number of alkyl halides is 3. The Bertz CT molecular complexity index is 169. The van der Waals surface area contributed by atoms with Crippen molar-refractivity contribution in [3.63, 3.8) is 0 Å². The molecule has 0 aromatic rings. The number of aliphatic hydroxyl groups excluding tert-OH is 1. The predicted molar refractivity (Wildman–Crippen MR) is 58.3 cm³/mol. The summed E-state index contributed by atoms with van der Waals surface area (Å²) < 4.78 is 36.0. The molecule has 0 aliphatic rings. The minimum absolute atomic E-state index is 0.00250. The molecular weight excluding hydrogens is 219 g/mol. The van der Waals surface area contributed by atoms with E-state index in [4.69, 9.17) is 5.11 Å². The van der Waals surface area contributed by atoms with E-state index in [0.717, 1.165) is 12.8 Å². The number of hydrogen-bond acceptors (Lipinski definition) is 2. The van der Waals surface area contributed by atoms with Crippen LogP contribution in [0.2, 0.25) is 0 Å². The molecule has 0 aromatic heterocycles. The summed E-state index contributed by atoms with van der Waals surface area (Å²) in [5.74, 6) is 0. The van der Waals surface area contributed by atoms with E-state index in [1.54, 1.807) is 0 Å². The zero-order valence-corrected chi connectivity index (χ0v) is 10.1. The highest BCUT2D eigenvalue weighted by molar-refractivity contribution is 4.69. The molecule has 0 aliphatic carbocycles. The lowest BCUT2D eigenvalue weighted by Crippen LogP contribution is -2.37. The average Bonchev–Trinajstić information content (AvgIpc) is 2.17. The molecule has 0 rings (SSSR count). The van der Waals surface area contributed by atoms with Crippen molar-refractivity contribution in [1.29, 1.82) is 0 Å². The molecule has 0 unspecified atom stereocenters. The number of nitrogens with zero attached hydrogens (tertiary/aromatic N) is 1. The maximum absolute atomic E-state index is 12.0. The van der Waals surface area contributed by atoms with Gasteiger partial charge in [-0.3, -0.25) is 4.90 Å². The third-order valence-electron chi connectivity index (χ3n) is 2.75. The Hall–Kier alpha value is -0.290. The minimum atomic E-state index is -4.07. The fourth-order valence-electron chi connectivity index (χ4n) is 1.89. The molecule has 0 atom stereocenters. The first-order valence-corrected chi connectivity index (χ1v) is 5.86. The normalized spacial score (nSPS) is 12.8. The third kappa shape index (κ3) is 7.06. The van der Waals surface area contributed by atoms with E-state index in [-0.39, 0.29) is 19.1 Å². The summed E-state index contributed by atoms with van der Waals surface area (Å²) in [4.78, 5) is 1.95. The van der Waals surface area contributed by atoms with Gasteiger partial charge in [-0.1, -0.05) is 13.8 Å². The van der Waals surface area contributed by atoms with Crippen LogP contribution in [0.4, 0.5) is 13.2 Å². The van der Waals surface area contributed by atoms with Crippen LogP contribution in [-0.2, 0) is 0 Å². The van der Waals surface area contributed by atoms with Gasteiger partial charge in [-0.25, -0.2) is 0 Å². The van der Waals surface area contributed by atoms with Gasteiger partial charge in [0.15, 0.2) is 0 Å². The van der Waals surface area contributed by atoms with Crippen molar-refractivity contribution in [2.75, 3.05) is 19.7 Å². The van der Waals surface area contributed by atoms with Gasteiger partial charge < -0.3 is 5.11 Å². The van der Waals surface area contributed by atoms with Crippen LogP contribution in [0.5, 0.6) is 0 Å². The van der Waals surface area contributed by atoms with Crippen molar-refractivity contribution >= 4 is 0 Å². The largest absolute Gasteiger partial charge is 0.395 e. The third-order valence-corrected chi connectivity index (χ3v) is 2.75. The van der Waals surface area contributed by atoms with Crippen molar-refractivity contribution in [3.8, 4) is 0 Å². The molecule has 98 valence electrons. The molecule has 0 amide bonds. The highest BCUT2D eigenvalue weighted by Crippen LogP contribution is 2.22. The summed E-state index contributed by atoms with van der Waals surface area (Å²) in [6.07, 6.45) is -2.89. The van der Waals surface area contributed by atoms with Gasteiger partial charge in [-0.2, -0.15) is 13.2 Å². The van der Waals surface area contributed by atoms with Gasteiger partial charge >= 0.3 is 6.18 Å². The smallest absolute Gasteiger partial charge is 0.389 e. The summed E-state index contributed by atoms with van der Waals surface area (Å²) >= 11 is 0. The Labute approximate surface area is 95.4 Å². The lowest BCUT2D eigenvalue weighted by molar-refractivity contribution is -0.136. The Morgan fingerprint density at radius 1 is 1.12 bits per heavy atom. The summed E-state index contributed by atoms with van der Waals surface area (Å²) in [6.45, 7) is 4.91. The summed E-state index contributed by atoms with van der Waals surface area (Å²) in [5.41, 5.74) is 0. The Morgan fingerprint density at radius 2 is 1.69 bits per heavy atom. The Kier molecular flexibility index (Phi) is 7.76. The van der Waals surface area contributed by atoms with Crippen LogP contribution in [0, 0.1) is 0 Å². The molecule has 0 radical (unpaired) electrons. The van der Waals surface area contributed by atoms with Gasteiger partial charge in [0, 0.05) is 19.0 Å². The lowest BCUT2D eigenvalue weighted by Gasteiger charge is -2.29. The Morgan fingerprint density at radius 3 is 2.06 bits per heavy atom. The van der Waals surface area contributed by atoms with E-state index in [2.05, 4.69) is 0 Å². The second-order valence-electron chi connectivity index (χ2n) is 3.95. The fourth-order valence-corrected chi connectivity index (χ4v) is 1.89. The zero-order chi connectivity index (χ0) is 12.6. The minimum Gasteiger partial charge on any atom is -0.395 e. The van der Waals surface area contributed by atoms with E-state index in [0.29, 0.717) is 13.1 Å². The van der Waals surface area contributed by atoms with Crippen LogP contribution in [-0.4, -0.2) is 41.9 Å². The number of rotatable bonds is 8. The standard InChI is InChI=1S/C11H22F3NO/c1-3-10(4-2)15(8-9-16)7-5-6-11(12,13)14/h10,16H,3-9H2,1-2H3. The quantitative estimate of drug-likeness (QED) is 0.706. The summed E-state index contributed by atoms with van der Waals surface area (Å²) in [7, 11) is 0. The van der Waals surface area contributed by atoms with Crippen LogP contribution in [0.15, 0.2) is 0 Å². The second-order valence-corrected chi connectivity index (χ2v) is 3.95. The topological polar surface area (TPSA) is 23.5 Å². The zero-order valence-electron chi connectivity index (χ0n) is 10.1. The maximum atomic E-state index is 12.0. The predicted octanol–water partition coefficient (Wildman–Crippen LogP) is 2.81. The molecule has 0 spiro atoms. The average molecular weight is 241 g/mol. The Balaban J connectivity index is 4.02. The molecule has 1 N–H and O–H groups in total.